The van der Waals surface area contributed by atoms with Crippen molar-refractivity contribution in [2.75, 3.05) is 0 Å². The van der Waals surface area contributed by atoms with Crippen molar-refractivity contribution in [1.82, 2.24) is 5.32 Å². The summed E-state index contributed by atoms with van der Waals surface area (Å²) >= 11 is 3.08. The number of carbonyl (C=O) groups excluding carboxylic acids is 1. The summed E-state index contributed by atoms with van der Waals surface area (Å²) in [7, 11) is -3.84. The number of primary sulfonamides is 1. The van der Waals surface area contributed by atoms with Crippen LogP contribution in [0.4, 0.5) is 0 Å². The SMILES string of the molecule is CC(C)NC(=O)c1ccc(Br)c(S(N)(=O)=O)c1. The summed E-state index contributed by atoms with van der Waals surface area (Å²) in [6.07, 6.45) is 0. The Labute approximate surface area is 109 Å². The molecule has 0 aliphatic carbocycles. The van der Waals surface area contributed by atoms with E-state index in [4.69, 9.17) is 5.14 Å². The molecule has 0 aromatic heterocycles. The van der Waals surface area contributed by atoms with Crippen LogP contribution >= 0.6 is 15.9 Å². The standard InChI is InChI=1S/C10H13BrN2O3S/c1-6(2)13-10(14)7-3-4-8(11)9(5-7)17(12,15)16/h3-6H,1-2H3,(H,13,14)(H2,12,15,16). The summed E-state index contributed by atoms with van der Waals surface area (Å²) in [6, 6.07) is 4.23. The van der Waals surface area contributed by atoms with Gasteiger partial charge in [0.1, 0.15) is 0 Å². The number of halogens is 1. The van der Waals surface area contributed by atoms with Gasteiger partial charge < -0.3 is 5.32 Å². The van der Waals surface area contributed by atoms with Crippen LogP contribution in [0.3, 0.4) is 0 Å². The lowest BCUT2D eigenvalue weighted by Crippen LogP contribution is -2.30. The van der Waals surface area contributed by atoms with E-state index in [0.717, 1.165) is 0 Å². The van der Waals surface area contributed by atoms with E-state index in [-0.39, 0.29) is 22.4 Å². The largest absolute Gasteiger partial charge is 0.350 e. The molecule has 0 aliphatic rings. The van der Waals surface area contributed by atoms with E-state index in [1.165, 1.54) is 18.2 Å². The number of hydrogen-bond donors (Lipinski definition) is 2. The lowest BCUT2D eigenvalue weighted by molar-refractivity contribution is 0.0943. The van der Waals surface area contributed by atoms with Gasteiger partial charge in [-0.3, -0.25) is 4.79 Å². The van der Waals surface area contributed by atoms with E-state index in [1.807, 2.05) is 13.8 Å². The van der Waals surface area contributed by atoms with Gasteiger partial charge in [-0.1, -0.05) is 0 Å². The maximum Gasteiger partial charge on any atom is 0.251 e. The molecule has 0 atom stereocenters. The van der Waals surface area contributed by atoms with Crippen LogP contribution in [-0.2, 0) is 10.0 Å². The van der Waals surface area contributed by atoms with E-state index in [2.05, 4.69) is 21.2 Å². The first-order valence-corrected chi connectivity index (χ1v) is 7.19. The van der Waals surface area contributed by atoms with E-state index >= 15 is 0 Å². The van der Waals surface area contributed by atoms with Crippen molar-refractivity contribution in [3.05, 3.63) is 28.2 Å². The zero-order valence-electron chi connectivity index (χ0n) is 9.40. The average Bonchev–Trinajstić information content (AvgIpc) is 2.15. The van der Waals surface area contributed by atoms with Crippen LogP contribution in [0.25, 0.3) is 0 Å². The summed E-state index contributed by atoms with van der Waals surface area (Å²) in [4.78, 5) is 11.6. The molecule has 1 amide bonds. The second-order valence-corrected chi connectivity index (χ2v) is 6.20. The number of amides is 1. The first-order valence-electron chi connectivity index (χ1n) is 4.85. The molecule has 0 saturated carbocycles. The maximum absolute atomic E-state index is 11.7. The Morgan fingerprint density at radius 3 is 2.47 bits per heavy atom. The Kier molecular flexibility index (Phi) is 4.29. The molecule has 0 heterocycles. The fraction of sp³-hybridized carbons (Fsp3) is 0.300. The van der Waals surface area contributed by atoms with Gasteiger partial charge in [-0.15, -0.1) is 0 Å². The minimum atomic E-state index is -3.84. The smallest absolute Gasteiger partial charge is 0.251 e. The predicted molar refractivity (Wildman–Crippen MR) is 68.1 cm³/mol. The van der Waals surface area contributed by atoms with Crippen molar-refractivity contribution in [3.63, 3.8) is 0 Å². The molecule has 1 rings (SSSR count). The monoisotopic (exact) mass is 320 g/mol. The molecule has 17 heavy (non-hydrogen) atoms. The number of benzene rings is 1. The topological polar surface area (TPSA) is 89.3 Å². The highest BCUT2D eigenvalue weighted by Gasteiger charge is 2.16. The summed E-state index contributed by atoms with van der Waals surface area (Å²) in [6.45, 7) is 3.63. The van der Waals surface area contributed by atoms with E-state index in [0.29, 0.717) is 4.47 Å². The van der Waals surface area contributed by atoms with Crippen LogP contribution in [0, 0.1) is 0 Å². The first kappa shape index (κ1) is 14.1. The van der Waals surface area contributed by atoms with E-state index < -0.39 is 10.0 Å². The molecular weight excluding hydrogens is 308 g/mol. The van der Waals surface area contributed by atoms with Gasteiger partial charge in [-0.25, -0.2) is 13.6 Å². The second kappa shape index (κ2) is 5.16. The fourth-order valence-corrected chi connectivity index (χ4v) is 2.76. The molecule has 0 fully saturated rings. The molecule has 0 bridgehead atoms. The zero-order valence-corrected chi connectivity index (χ0v) is 11.8. The number of hydrogen-bond acceptors (Lipinski definition) is 3. The molecule has 5 nitrogen and oxygen atoms in total. The van der Waals surface area contributed by atoms with Gasteiger partial charge in [0, 0.05) is 16.1 Å². The average molecular weight is 321 g/mol. The molecule has 7 heteroatoms. The van der Waals surface area contributed by atoms with Gasteiger partial charge in [-0.2, -0.15) is 0 Å². The summed E-state index contributed by atoms with van der Waals surface area (Å²) < 4.78 is 22.9. The van der Waals surface area contributed by atoms with Crippen LogP contribution in [0.1, 0.15) is 24.2 Å². The minimum Gasteiger partial charge on any atom is -0.350 e. The van der Waals surface area contributed by atoms with E-state index in [1.54, 1.807) is 0 Å². The molecule has 0 unspecified atom stereocenters. The van der Waals surface area contributed by atoms with Crippen LogP contribution in [0.2, 0.25) is 0 Å². The van der Waals surface area contributed by atoms with Crippen molar-refractivity contribution in [3.8, 4) is 0 Å². The van der Waals surface area contributed by atoms with Crippen molar-refractivity contribution >= 4 is 31.9 Å². The Hall–Kier alpha value is -0.920. The maximum atomic E-state index is 11.7. The van der Waals surface area contributed by atoms with Gasteiger partial charge in [0.2, 0.25) is 10.0 Å². The number of carbonyl (C=O) groups is 1. The molecule has 94 valence electrons. The number of sulfonamides is 1. The molecule has 0 aliphatic heterocycles. The van der Waals surface area contributed by atoms with Gasteiger partial charge in [0.25, 0.3) is 5.91 Å². The molecular formula is C10H13BrN2O3S. The molecule has 0 saturated heterocycles. The third kappa shape index (κ3) is 3.79. The quantitative estimate of drug-likeness (QED) is 0.877. The molecule has 1 aromatic carbocycles. The molecule has 0 radical (unpaired) electrons. The highest BCUT2D eigenvalue weighted by atomic mass is 79.9. The Morgan fingerprint density at radius 1 is 1.41 bits per heavy atom. The third-order valence-corrected chi connectivity index (χ3v) is 3.82. The van der Waals surface area contributed by atoms with Crippen molar-refractivity contribution in [1.29, 1.82) is 0 Å². The predicted octanol–water partition coefficient (Wildman–Crippen LogP) is 1.23. The minimum absolute atomic E-state index is 0.0240. The lowest BCUT2D eigenvalue weighted by atomic mass is 10.2. The number of nitrogens with two attached hydrogens (primary N) is 1. The zero-order chi connectivity index (χ0) is 13.2. The van der Waals surface area contributed by atoms with Gasteiger partial charge in [0.15, 0.2) is 0 Å². The highest BCUT2D eigenvalue weighted by molar-refractivity contribution is 9.10. The van der Waals surface area contributed by atoms with Crippen molar-refractivity contribution in [2.45, 2.75) is 24.8 Å². The summed E-state index contributed by atoms with van der Waals surface area (Å²) in [5, 5.41) is 7.71. The molecule has 1 aromatic rings. The highest BCUT2D eigenvalue weighted by Crippen LogP contribution is 2.22. The van der Waals surface area contributed by atoms with Crippen molar-refractivity contribution in [2.24, 2.45) is 5.14 Å². The summed E-state index contributed by atoms with van der Waals surface area (Å²) in [5.41, 5.74) is 0.255. The number of nitrogens with one attached hydrogen (secondary N) is 1. The summed E-state index contributed by atoms with van der Waals surface area (Å²) in [5.74, 6) is -0.336. The lowest BCUT2D eigenvalue weighted by Gasteiger charge is -2.09. The van der Waals surface area contributed by atoms with Gasteiger partial charge >= 0.3 is 0 Å². The normalized spacial score (nSPS) is 11.6. The van der Waals surface area contributed by atoms with Gasteiger partial charge in [0.05, 0.1) is 4.90 Å². The number of rotatable bonds is 3. The Balaban J connectivity index is 3.18. The third-order valence-electron chi connectivity index (χ3n) is 1.92. The van der Waals surface area contributed by atoms with Crippen LogP contribution in [-0.4, -0.2) is 20.4 Å². The first-order chi connectivity index (χ1) is 7.71. The van der Waals surface area contributed by atoms with Crippen LogP contribution < -0.4 is 10.5 Å². The molecule has 0 spiro atoms. The van der Waals surface area contributed by atoms with Gasteiger partial charge in [-0.05, 0) is 48.0 Å². The van der Waals surface area contributed by atoms with Crippen molar-refractivity contribution < 1.29 is 13.2 Å². The Bertz CT molecular complexity index is 540. The second-order valence-electron chi connectivity index (χ2n) is 3.82. The Morgan fingerprint density at radius 2 is 2.00 bits per heavy atom. The fourth-order valence-electron chi connectivity index (χ4n) is 1.21. The molecule has 3 N–H and O–H groups in total. The van der Waals surface area contributed by atoms with E-state index in [9.17, 15) is 13.2 Å². The van der Waals surface area contributed by atoms with Crippen LogP contribution in [0.15, 0.2) is 27.6 Å². The van der Waals surface area contributed by atoms with Crippen LogP contribution in [0.5, 0.6) is 0 Å².